The van der Waals surface area contributed by atoms with Gasteiger partial charge in [-0.25, -0.2) is 4.98 Å². The Morgan fingerprint density at radius 3 is 2.12 bits per heavy atom. The predicted octanol–water partition coefficient (Wildman–Crippen LogP) is 7.05. The Morgan fingerprint density at radius 1 is 0.818 bits per heavy atom. The van der Waals surface area contributed by atoms with Crippen LogP contribution >= 0.6 is 0 Å². The monoisotopic (exact) mass is 462 g/mol. The zero-order chi connectivity index (χ0) is 23.4. The van der Waals surface area contributed by atoms with E-state index < -0.39 is 23.5 Å². The van der Waals surface area contributed by atoms with Gasteiger partial charge in [-0.1, -0.05) is 0 Å². The number of imidazole rings is 1. The number of nitrogens with one attached hydrogen (secondary N) is 1. The van der Waals surface area contributed by atoms with Crippen LogP contribution in [0.4, 0.5) is 37.7 Å². The second-order valence-electron chi connectivity index (χ2n) is 7.93. The van der Waals surface area contributed by atoms with Crippen LogP contribution in [0.1, 0.15) is 35.6 Å². The normalized spacial score (nSPS) is 14.6. The first-order valence-electron chi connectivity index (χ1n) is 10.1. The molecule has 0 aliphatic heterocycles. The van der Waals surface area contributed by atoms with Gasteiger partial charge < -0.3 is 5.32 Å². The van der Waals surface area contributed by atoms with Crippen LogP contribution in [0.2, 0.25) is 0 Å². The summed E-state index contributed by atoms with van der Waals surface area (Å²) in [6.45, 7) is 0. The van der Waals surface area contributed by atoms with Crippen LogP contribution < -0.4 is 5.32 Å². The van der Waals surface area contributed by atoms with Crippen molar-refractivity contribution in [2.75, 3.05) is 5.32 Å². The van der Waals surface area contributed by atoms with Crippen LogP contribution in [-0.4, -0.2) is 14.4 Å². The maximum Gasteiger partial charge on any atom is 0.417 e. The van der Waals surface area contributed by atoms with E-state index in [0.29, 0.717) is 34.0 Å². The highest BCUT2D eigenvalue weighted by Gasteiger charge is 2.34. The molecule has 0 bridgehead atoms. The van der Waals surface area contributed by atoms with Gasteiger partial charge in [0.25, 0.3) is 0 Å². The molecule has 170 valence electrons. The van der Waals surface area contributed by atoms with Gasteiger partial charge in [0.1, 0.15) is 5.65 Å². The number of benzene rings is 1. The lowest BCUT2D eigenvalue weighted by Gasteiger charge is -2.12. The Morgan fingerprint density at radius 2 is 1.48 bits per heavy atom. The molecule has 3 aromatic heterocycles. The maximum absolute atomic E-state index is 13.3. The second-order valence-corrected chi connectivity index (χ2v) is 7.93. The minimum absolute atomic E-state index is 0.167. The molecule has 1 aliphatic carbocycles. The molecule has 4 aromatic rings. The lowest BCUT2D eigenvalue weighted by atomic mass is 10.1. The largest absolute Gasteiger partial charge is 0.417 e. The summed E-state index contributed by atoms with van der Waals surface area (Å²) >= 11 is 0. The van der Waals surface area contributed by atoms with Crippen LogP contribution in [0.3, 0.4) is 0 Å². The first-order valence-corrected chi connectivity index (χ1v) is 10.1. The van der Waals surface area contributed by atoms with Gasteiger partial charge in [0, 0.05) is 29.6 Å². The summed E-state index contributed by atoms with van der Waals surface area (Å²) in [5.41, 5.74) is 1.55. The summed E-state index contributed by atoms with van der Waals surface area (Å²) in [5.74, 6) is 0.167. The van der Waals surface area contributed by atoms with Crippen LogP contribution in [0.25, 0.3) is 16.9 Å². The zero-order valence-electron chi connectivity index (χ0n) is 16.9. The lowest BCUT2D eigenvalue weighted by Crippen LogP contribution is -2.06. The summed E-state index contributed by atoms with van der Waals surface area (Å²) in [5, 5.41) is 2.99. The quantitative estimate of drug-likeness (QED) is 0.330. The number of halogens is 6. The average Bonchev–Trinajstić information content (AvgIpc) is 3.52. The van der Waals surface area contributed by atoms with Gasteiger partial charge in [0.2, 0.25) is 0 Å². The molecule has 0 radical (unpaired) electrons. The van der Waals surface area contributed by atoms with Crippen molar-refractivity contribution in [3.8, 4) is 11.3 Å². The van der Waals surface area contributed by atoms with Gasteiger partial charge in [0.15, 0.2) is 0 Å². The molecule has 1 fully saturated rings. The van der Waals surface area contributed by atoms with Crippen molar-refractivity contribution in [2.24, 2.45) is 0 Å². The minimum Gasteiger partial charge on any atom is -0.354 e. The van der Waals surface area contributed by atoms with E-state index in [0.717, 1.165) is 37.2 Å². The van der Waals surface area contributed by atoms with Crippen molar-refractivity contribution in [1.82, 2.24) is 14.4 Å². The van der Waals surface area contributed by atoms with E-state index in [4.69, 9.17) is 0 Å². The Kier molecular flexibility index (Phi) is 4.84. The molecule has 0 unspecified atom stereocenters. The fourth-order valence-corrected chi connectivity index (χ4v) is 3.71. The molecular weight excluding hydrogens is 446 g/mol. The van der Waals surface area contributed by atoms with Crippen molar-refractivity contribution in [2.45, 2.75) is 31.1 Å². The molecule has 4 nitrogen and oxygen atoms in total. The zero-order valence-corrected chi connectivity index (χ0v) is 16.9. The smallest absolute Gasteiger partial charge is 0.354 e. The number of rotatable bonds is 4. The van der Waals surface area contributed by atoms with Crippen molar-refractivity contribution < 1.29 is 26.3 Å². The summed E-state index contributed by atoms with van der Waals surface area (Å²) in [6.07, 6.45) is -3.08. The Balaban J connectivity index is 1.54. The van der Waals surface area contributed by atoms with Crippen LogP contribution in [-0.2, 0) is 12.4 Å². The molecule has 0 saturated heterocycles. The fraction of sp³-hybridized carbons (Fsp3) is 0.217. The maximum atomic E-state index is 13.3. The number of fused-ring (bicyclic) bond motifs is 1. The lowest BCUT2D eigenvalue weighted by molar-refractivity contribution is -0.138. The number of hydrogen-bond acceptors (Lipinski definition) is 3. The topological polar surface area (TPSA) is 42.2 Å². The molecule has 0 amide bonds. The SMILES string of the molecule is FC(F)(F)c1ccc(Nc2cncc(-c3c(C4CC4)nc4ccc(C(F)(F)F)cn34)c2)cc1. The molecule has 1 aliphatic rings. The third kappa shape index (κ3) is 4.24. The number of alkyl halides is 6. The van der Waals surface area contributed by atoms with E-state index >= 15 is 0 Å². The van der Waals surface area contributed by atoms with E-state index in [2.05, 4.69) is 15.3 Å². The summed E-state index contributed by atoms with van der Waals surface area (Å²) in [4.78, 5) is 8.75. The molecule has 5 rings (SSSR count). The molecule has 1 N–H and O–H groups in total. The van der Waals surface area contributed by atoms with E-state index in [1.165, 1.54) is 35.0 Å². The van der Waals surface area contributed by atoms with Crippen molar-refractivity contribution in [1.29, 1.82) is 0 Å². The van der Waals surface area contributed by atoms with E-state index in [-0.39, 0.29) is 5.92 Å². The molecule has 10 heteroatoms. The second kappa shape index (κ2) is 7.50. The third-order valence-electron chi connectivity index (χ3n) is 5.45. The van der Waals surface area contributed by atoms with Gasteiger partial charge in [-0.3, -0.25) is 9.38 Å². The van der Waals surface area contributed by atoms with Crippen molar-refractivity contribution >= 4 is 17.0 Å². The number of anilines is 2. The summed E-state index contributed by atoms with van der Waals surface area (Å²) in [6, 6.07) is 8.58. The highest BCUT2D eigenvalue weighted by molar-refractivity contribution is 5.72. The highest BCUT2D eigenvalue weighted by Crippen LogP contribution is 2.45. The van der Waals surface area contributed by atoms with Crippen LogP contribution in [0.15, 0.2) is 61.1 Å². The molecule has 1 saturated carbocycles. The molecule has 3 heterocycles. The first-order chi connectivity index (χ1) is 15.6. The molecule has 0 atom stereocenters. The van der Waals surface area contributed by atoms with Crippen molar-refractivity contribution in [3.63, 3.8) is 0 Å². The van der Waals surface area contributed by atoms with E-state index in [9.17, 15) is 26.3 Å². The van der Waals surface area contributed by atoms with Gasteiger partial charge in [-0.15, -0.1) is 0 Å². The molecular formula is C23H16F6N4. The van der Waals surface area contributed by atoms with Gasteiger partial charge in [-0.2, -0.15) is 26.3 Å². The van der Waals surface area contributed by atoms with Crippen LogP contribution in [0.5, 0.6) is 0 Å². The molecule has 0 spiro atoms. The third-order valence-corrected chi connectivity index (χ3v) is 5.45. The minimum atomic E-state index is -4.50. The Labute approximate surface area is 183 Å². The summed E-state index contributed by atoms with van der Waals surface area (Å²) in [7, 11) is 0. The number of aromatic nitrogens is 3. The van der Waals surface area contributed by atoms with Gasteiger partial charge >= 0.3 is 12.4 Å². The fourth-order valence-electron chi connectivity index (χ4n) is 3.71. The average molecular weight is 462 g/mol. The number of pyridine rings is 2. The molecule has 33 heavy (non-hydrogen) atoms. The van der Waals surface area contributed by atoms with Crippen molar-refractivity contribution in [3.05, 3.63) is 77.9 Å². The van der Waals surface area contributed by atoms with Gasteiger partial charge in [0.05, 0.1) is 34.4 Å². The van der Waals surface area contributed by atoms with E-state index in [1.54, 1.807) is 6.07 Å². The Hall–Kier alpha value is -3.56. The highest BCUT2D eigenvalue weighted by atomic mass is 19.4. The first kappa shape index (κ1) is 21.3. The summed E-state index contributed by atoms with van der Waals surface area (Å²) < 4.78 is 79.7. The molecule has 1 aromatic carbocycles. The number of hydrogen-bond donors (Lipinski definition) is 1. The standard InChI is InChI=1S/C23H16F6N4/c24-22(25,26)15-3-6-17(7-4-15)31-18-9-14(10-30-11-18)21-20(13-1-2-13)32-19-8-5-16(12-33(19)21)23(27,28)29/h3-13,31H,1-2H2. The van der Waals surface area contributed by atoms with E-state index in [1.807, 2.05) is 0 Å². The van der Waals surface area contributed by atoms with Gasteiger partial charge in [-0.05, 0) is 55.3 Å². The van der Waals surface area contributed by atoms with Crippen LogP contribution in [0, 0.1) is 0 Å². The number of nitrogens with zero attached hydrogens (tertiary/aromatic N) is 3. The predicted molar refractivity (Wildman–Crippen MR) is 110 cm³/mol. The Bertz CT molecular complexity index is 1320.